The Bertz CT molecular complexity index is 7880. The van der Waals surface area contributed by atoms with Crippen LogP contribution in [-0.2, 0) is 5.41 Å². The minimum Gasteiger partial charge on any atom is -0.308 e. The van der Waals surface area contributed by atoms with Crippen molar-refractivity contribution in [3.8, 4) is 152 Å². The summed E-state index contributed by atoms with van der Waals surface area (Å²) >= 11 is 0. The molecule has 12 aromatic heterocycles. The van der Waals surface area contributed by atoms with Gasteiger partial charge in [0.1, 0.15) is 5.65 Å². The number of pyridine rings is 9. The molecule has 0 N–H and O–H groups in total. The molecule has 0 aliphatic carbocycles. The van der Waals surface area contributed by atoms with E-state index in [1.54, 1.807) is 0 Å². The van der Waals surface area contributed by atoms with Gasteiger partial charge in [-0.05, 0) is 260 Å². The molecular weight excluding hydrogens is 1620 g/mol. The second-order valence-electron chi connectivity index (χ2n) is 34.2. The second kappa shape index (κ2) is 35.6. The molecule has 0 spiro atoms. The van der Waals surface area contributed by atoms with Gasteiger partial charge in [0.05, 0.1) is 90.5 Å². The molecule has 12 nitrogen and oxygen atoms in total. The zero-order valence-electron chi connectivity index (χ0n) is 73.3. The van der Waals surface area contributed by atoms with Crippen LogP contribution in [0.4, 0.5) is 0 Å². The number of para-hydroxylation sites is 3. The maximum Gasteiger partial charge on any atom is 0.145 e. The van der Waals surface area contributed by atoms with Crippen molar-refractivity contribution in [3.63, 3.8) is 0 Å². The van der Waals surface area contributed by atoms with Gasteiger partial charge < -0.3 is 9.13 Å². The molecule has 24 rings (SSSR count). The van der Waals surface area contributed by atoms with E-state index in [0.717, 1.165) is 168 Å². The van der Waals surface area contributed by atoms with Gasteiger partial charge in [-0.3, -0.25) is 29.5 Å². The number of aromatic nitrogens is 12. The summed E-state index contributed by atoms with van der Waals surface area (Å²) in [5, 5.41) is 5.92. The van der Waals surface area contributed by atoms with Crippen LogP contribution in [0.2, 0.25) is 0 Å². The maximum absolute atomic E-state index is 5.21. The van der Waals surface area contributed by atoms with Crippen LogP contribution in [0.25, 0.3) is 217 Å². The standard InChI is InChI=1S/C43H34N4.2C39H26N4/c1-43(2,3)34-25-31(29-12-5-4-6-13-29)24-33(26-34)39-27-32(28-40(46-39)38-16-9-10-22-44-38)30-18-20-35(21-19-30)47-41-17-8-7-14-36(41)37-15-11-23-45-42(37)47;1-2-10-27(11-3-1)29-12-8-13-30(24-29)31-25-35(42-36(26-31)34-15-6-7-22-40-34)28-18-20-32(21-19-28)43-37-16-5-4-14-33(37)39-38(43)17-9-23-41-39;1-2-9-27(10-3-1)29-11-8-12-30(23-29)36-24-31(25-37(42-36)35-14-6-7-21-41-35)28-16-18-32(19-17-28)43-38-15-5-4-13-33(38)34-20-22-40-26-39(34)43/h4-28H,1-3H3;2*1-26H. The van der Waals surface area contributed by atoms with E-state index in [4.69, 9.17) is 19.9 Å². The zero-order valence-corrected chi connectivity index (χ0v) is 73.3. The molecule has 0 aliphatic rings. The van der Waals surface area contributed by atoms with Crippen LogP contribution in [0.3, 0.4) is 0 Å². The van der Waals surface area contributed by atoms with E-state index < -0.39 is 0 Å². The molecule has 0 radical (unpaired) electrons. The van der Waals surface area contributed by atoms with Gasteiger partial charge in [0.2, 0.25) is 0 Å². The van der Waals surface area contributed by atoms with Gasteiger partial charge in [-0.25, -0.2) is 19.9 Å². The second-order valence-corrected chi connectivity index (χ2v) is 34.2. The molecule has 133 heavy (non-hydrogen) atoms. The summed E-state index contributed by atoms with van der Waals surface area (Å²) in [6.07, 6.45) is 13.0. The Morgan fingerprint density at radius 1 is 0.188 bits per heavy atom. The van der Waals surface area contributed by atoms with E-state index in [2.05, 4.69) is 405 Å². The predicted molar refractivity (Wildman–Crippen MR) is 546 cm³/mol. The summed E-state index contributed by atoms with van der Waals surface area (Å²) < 4.78 is 6.81. The van der Waals surface area contributed by atoms with Crippen molar-refractivity contribution in [3.05, 3.63) is 474 Å². The number of rotatable bonds is 15. The fourth-order valence-electron chi connectivity index (χ4n) is 18.1. The van der Waals surface area contributed by atoms with Gasteiger partial charge in [0.15, 0.2) is 0 Å². The molecule has 0 aliphatic heterocycles. The monoisotopic (exact) mass is 1710 g/mol. The lowest BCUT2D eigenvalue weighted by molar-refractivity contribution is 0.590. The molecule has 0 saturated carbocycles. The van der Waals surface area contributed by atoms with Gasteiger partial charge in [-0.15, -0.1) is 0 Å². The normalized spacial score (nSPS) is 11.4. The van der Waals surface area contributed by atoms with E-state index in [1.165, 1.54) is 55.1 Å². The Kier molecular flexibility index (Phi) is 21.7. The third-order valence-corrected chi connectivity index (χ3v) is 24.7. The lowest BCUT2D eigenvalue weighted by atomic mass is 9.83. The number of nitrogens with zero attached hydrogens (tertiary/aromatic N) is 12. The van der Waals surface area contributed by atoms with Crippen LogP contribution >= 0.6 is 0 Å². The summed E-state index contributed by atoms with van der Waals surface area (Å²) in [5.41, 5.74) is 36.8. The number of fused-ring (bicyclic) bond motifs is 9. The quantitative estimate of drug-likeness (QED) is 0.0984. The van der Waals surface area contributed by atoms with Crippen molar-refractivity contribution in [2.24, 2.45) is 0 Å². The van der Waals surface area contributed by atoms with E-state index in [-0.39, 0.29) is 5.41 Å². The van der Waals surface area contributed by atoms with Crippen LogP contribution < -0.4 is 0 Å². The summed E-state index contributed by atoms with van der Waals surface area (Å²) in [6.45, 7) is 6.79. The van der Waals surface area contributed by atoms with Crippen molar-refractivity contribution >= 4 is 65.7 Å². The highest BCUT2D eigenvalue weighted by Gasteiger charge is 2.23. The van der Waals surface area contributed by atoms with Crippen LogP contribution in [0.5, 0.6) is 0 Å². The molecule has 24 aromatic rings. The SMILES string of the molecule is CC(C)(C)c1cc(-c2ccccc2)cc(-c2cc(-c3ccc(-n4c5ccccc5c5cccnc54)cc3)cc(-c3ccccn3)n2)c1.c1ccc(-c2cccc(-c3cc(-c4ccc(-n5c6ccccc6c6ccncc65)cc4)cc(-c4ccccn4)n3)c2)cc1.c1ccc(-c2cccc(-c3cc(-c4ccc(-n5c6ccccc6c6ncccc65)cc4)nc(-c4ccccn4)c3)c2)cc1. The third kappa shape index (κ3) is 16.4. The average molecular weight is 1710 g/mol. The van der Waals surface area contributed by atoms with Crippen molar-refractivity contribution in [2.45, 2.75) is 26.2 Å². The lowest BCUT2D eigenvalue weighted by Crippen LogP contribution is -2.11. The van der Waals surface area contributed by atoms with E-state index in [1.807, 2.05) is 122 Å². The molecule has 0 amide bonds. The van der Waals surface area contributed by atoms with Crippen LogP contribution in [0, 0.1) is 0 Å². The Morgan fingerprint density at radius 3 is 1.06 bits per heavy atom. The Hall–Kier alpha value is -17.6. The Labute approximate surface area is 770 Å². The van der Waals surface area contributed by atoms with E-state index >= 15 is 0 Å². The van der Waals surface area contributed by atoms with Crippen LogP contribution in [0.1, 0.15) is 26.3 Å². The molecule has 0 unspecified atom stereocenters. The third-order valence-electron chi connectivity index (χ3n) is 24.7. The smallest absolute Gasteiger partial charge is 0.145 e. The molecule has 12 aromatic carbocycles. The lowest BCUT2D eigenvalue weighted by Gasteiger charge is -2.22. The molecule has 0 atom stereocenters. The minimum atomic E-state index is -0.0293. The van der Waals surface area contributed by atoms with Crippen LogP contribution in [0.15, 0.2) is 468 Å². The van der Waals surface area contributed by atoms with Crippen molar-refractivity contribution in [1.82, 2.24) is 58.6 Å². The topological polar surface area (TPSA) is 131 Å². The fraction of sp³-hybridized carbons (Fsp3) is 0.0331. The summed E-state index contributed by atoms with van der Waals surface area (Å²) in [6, 6.07) is 148. The highest BCUT2D eigenvalue weighted by molar-refractivity contribution is 6.10. The number of benzene rings is 12. The molecule has 12 heterocycles. The Balaban J connectivity index is 0.000000116. The molecule has 630 valence electrons. The van der Waals surface area contributed by atoms with Gasteiger partial charge in [-0.1, -0.05) is 263 Å². The highest BCUT2D eigenvalue weighted by Crippen LogP contribution is 2.42. The van der Waals surface area contributed by atoms with Crippen LogP contribution in [-0.4, -0.2) is 58.6 Å². The molecule has 0 saturated heterocycles. The summed E-state index contributed by atoms with van der Waals surface area (Å²) in [5.74, 6) is 0. The Morgan fingerprint density at radius 2 is 0.526 bits per heavy atom. The average Bonchev–Trinajstić information content (AvgIpc) is 1.62. The van der Waals surface area contributed by atoms with Gasteiger partial charge in [0, 0.05) is 97.9 Å². The van der Waals surface area contributed by atoms with Crippen molar-refractivity contribution in [1.29, 1.82) is 0 Å². The largest absolute Gasteiger partial charge is 0.308 e. The summed E-state index contributed by atoms with van der Waals surface area (Å²) in [7, 11) is 0. The first-order valence-corrected chi connectivity index (χ1v) is 44.7. The first kappa shape index (κ1) is 81.2. The minimum absolute atomic E-state index is 0.0293. The fourth-order valence-corrected chi connectivity index (χ4v) is 18.1. The van der Waals surface area contributed by atoms with Crippen molar-refractivity contribution in [2.75, 3.05) is 0 Å². The van der Waals surface area contributed by atoms with Crippen molar-refractivity contribution < 1.29 is 0 Å². The van der Waals surface area contributed by atoms with Gasteiger partial charge >= 0.3 is 0 Å². The van der Waals surface area contributed by atoms with E-state index in [0.29, 0.717) is 0 Å². The predicted octanol–water partition coefficient (Wildman–Crippen LogP) is 30.2. The molecular formula is C121H86N12. The summed E-state index contributed by atoms with van der Waals surface area (Å²) in [4.78, 5) is 43.2. The number of hydrogen-bond acceptors (Lipinski definition) is 9. The first-order chi connectivity index (χ1) is 65.5. The highest BCUT2D eigenvalue weighted by atomic mass is 15.0. The maximum atomic E-state index is 5.21. The number of hydrogen-bond donors (Lipinski definition) is 0. The molecule has 0 bridgehead atoms. The van der Waals surface area contributed by atoms with Gasteiger partial charge in [0.25, 0.3) is 0 Å². The van der Waals surface area contributed by atoms with E-state index in [9.17, 15) is 0 Å². The zero-order chi connectivity index (χ0) is 89.1. The molecule has 12 heteroatoms. The first-order valence-electron chi connectivity index (χ1n) is 44.7. The molecule has 0 fully saturated rings. The van der Waals surface area contributed by atoms with Gasteiger partial charge in [-0.2, -0.15) is 0 Å².